The van der Waals surface area contributed by atoms with E-state index in [2.05, 4.69) is 10.0 Å². The largest absolute Gasteiger partial charge is 0.264 e. The highest BCUT2D eigenvalue weighted by atomic mass is 35.5. The molecule has 10 heteroatoms. The summed E-state index contributed by atoms with van der Waals surface area (Å²) < 4.78 is 41.9. The summed E-state index contributed by atoms with van der Waals surface area (Å²) in [5.41, 5.74) is 8.22. The Hall–Kier alpha value is -1.99. The summed E-state index contributed by atoms with van der Waals surface area (Å²) >= 11 is 11.8. The molecule has 6 nitrogen and oxygen atoms in total. The van der Waals surface area contributed by atoms with E-state index in [1.165, 1.54) is 36.4 Å². The number of azide groups is 1. The zero-order valence-electron chi connectivity index (χ0n) is 14.4. The molecule has 0 heterocycles. The molecule has 27 heavy (non-hydrogen) atoms. The van der Waals surface area contributed by atoms with Gasteiger partial charge in [-0.05, 0) is 67.8 Å². The lowest BCUT2D eigenvalue weighted by atomic mass is 10.1. The average Bonchev–Trinajstić information content (AvgIpc) is 2.62. The number of benzene rings is 2. The molecular formula is C17H17Cl2FN4O2S. The first-order valence-electron chi connectivity index (χ1n) is 8.03. The molecule has 0 saturated heterocycles. The minimum Gasteiger partial charge on any atom is -0.261 e. The van der Waals surface area contributed by atoms with E-state index in [-0.39, 0.29) is 22.2 Å². The van der Waals surface area contributed by atoms with Gasteiger partial charge >= 0.3 is 0 Å². The van der Waals surface area contributed by atoms with Crippen molar-refractivity contribution in [2.24, 2.45) is 5.11 Å². The maximum Gasteiger partial charge on any atom is 0.264 e. The average molecular weight is 431 g/mol. The SMILES string of the molecule is C[C@H](CCCN=[N+]=[N-])N(c1cc(Cl)ccc1F)S(=O)(=O)c1ccc(Cl)cc1. The van der Waals surface area contributed by atoms with Gasteiger partial charge in [-0.25, -0.2) is 12.8 Å². The Morgan fingerprint density at radius 3 is 2.44 bits per heavy atom. The van der Waals surface area contributed by atoms with Gasteiger partial charge in [0.05, 0.1) is 10.6 Å². The fourth-order valence-corrected chi connectivity index (χ4v) is 4.58. The summed E-state index contributed by atoms with van der Waals surface area (Å²) in [7, 11) is -4.08. The predicted molar refractivity (Wildman–Crippen MR) is 105 cm³/mol. The third-order valence-corrected chi connectivity index (χ3v) is 6.29. The monoisotopic (exact) mass is 430 g/mol. The van der Waals surface area contributed by atoms with Crippen molar-refractivity contribution in [3.63, 3.8) is 0 Å². The van der Waals surface area contributed by atoms with E-state index in [9.17, 15) is 12.8 Å². The van der Waals surface area contributed by atoms with Crippen molar-refractivity contribution < 1.29 is 12.8 Å². The molecule has 0 aliphatic carbocycles. The Balaban J connectivity index is 2.49. The van der Waals surface area contributed by atoms with Gasteiger partial charge in [0.1, 0.15) is 5.82 Å². The Morgan fingerprint density at radius 2 is 1.81 bits per heavy atom. The number of hydrogen-bond donors (Lipinski definition) is 0. The van der Waals surface area contributed by atoms with Crippen LogP contribution in [0.2, 0.25) is 10.0 Å². The molecule has 0 fully saturated rings. The van der Waals surface area contributed by atoms with Gasteiger partial charge < -0.3 is 0 Å². The molecule has 0 bridgehead atoms. The highest BCUT2D eigenvalue weighted by molar-refractivity contribution is 7.92. The Labute approximate surface area is 167 Å². The first kappa shape index (κ1) is 21.3. The lowest BCUT2D eigenvalue weighted by Crippen LogP contribution is -2.39. The highest BCUT2D eigenvalue weighted by Gasteiger charge is 2.31. The summed E-state index contributed by atoms with van der Waals surface area (Å²) in [6.45, 7) is 1.87. The van der Waals surface area contributed by atoms with Gasteiger partial charge in [0.25, 0.3) is 10.0 Å². The van der Waals surface area contributed by atoms with E-state index in [1.807, 2.05) is 0 Å². The summed E-state index contributed by atoms with van der Waals surface area (Å²) in [6, 6.07) is 8.76. The van der Waals surface area contributed by atoms with E-state index >= 15 is 0 Å². The maximum atomic E-state index is 14.5. The van der Waals surface area contributed by atoms with Crippen LogP contribution < -0.4 is 4.31 Å². The third kappa shape index (κ3) is 5.26. The molecule has 144 valence electrons. The van der Waals surface area contributed by atoms with Crippen molar-refractivity contribution >= 4 is 38.9 Å². The summed E-state index contributed by atoms with van der Waals surface area (Å²) in [6.07, 6.45) is 0.803. The van der Waals surface area contributed by atoms with E-state index in [0.29, 0.717) is 17.9 Å². The summed E-state index contributed by atoms with van der Waals surface area (Å²) in [5, 5.41) is 4.04. The topological polar surface area (TPSA) is 86.1 Å². The molecule has 0 saturated carbocycles. The van der Waals surface area contributed by atoms with Gasteiger partial charge in [0.15, 0.2) is 0 Å². The Morgan fingerprint density at radius 1 is 1.19 bits per heavy atom. The van der Waals surface area contributed by atoms with Crippen LogP contribution in [0.5, 0.6) is 0 Å². The van der Waals surface area contributed by atoms with Crippen molar-refractivity contribution in [3.05, 3.63) is 68.8 Å². The smallest absolute Gasteiger partial charge is 0.261 e. The van der Waals surface area contributed by atoms with Crippen LogP contribution in [0.25, 0.3) is 10.4 Å². The van der Waals surface area contributed by atoms with Gasteiger partial charge in [-0.2, -0.15) is 0 Å². The molecule has 1 atom stereocenters. The minimum atomic E-state index is -4.08. The predicted octanol–water partition coefficient (Wildman–Crippen LogP) is 5.81. The standard InChI is InChI=1S/C17H17Cl2FN4O2S/c1-12(3-2-10-22-23-21)24(17-11-14(19)6-9-16(17)20)27(25,26)15-7-4-13(18)5-8-15/h4-9,11-12H,2-3,10H2,1H3/t12-/m1/s1. The highest BCUT2D eigenvalue weighted by Crippen LogP contribution is 2.32. The van der Waals surface area contributed by atoms with Crippen LogP contribution in [-0.4, -0.2) is 21.0 Å². The fraction of sp³-hybridized carbons (Fsp3) is 0.294. The first-order chi connectivity index (χ1) is 12.8. The van der Waals surface area contributed by atoms with Crippen LogP contribution in [0.1, 0.15) is 19.8 Å². The molecule has 0 amide bonds. The molecular weight excluding hydrogens is 414 g/mol. The molecule has 0 unspecified atom stereocenters. The zero-order valence-corrected chi connectivity index (χ0v) is 16.7. The molecule has 0 aliphatic rings. The van der Waals surface area contributed by atoms with E-state index in [1.54, 1.807) is 6.92 Å². The van der Waals surface area contributed by atoms with E-state index < -0.39 is 21.9 Å². The van der Waals surface area contributed by atoms with Crippen molar-refractivity contribution in [3.8, 4) is 0 Å². The van der Waals surface area contributed by atoms with Gasteiger partial charge in [-0.15, -0.1) is 0 Å². The van der Waals surface area contributed by atoms with Crippen LogP contribution in [0.4, 0.5) is 10.1 Å². The number of sulfonamides is 1. The number of rotatable bonds is 8. The number of hydrogen-bond acceptors (Lipinski definition) is 3. The number of halogens is 3. The maximum absolute atomic E-state index is 14.5. The van der Waals surface area contributed by atoms with Gasteiger partial charge in [0.2, 0.25) is 0 Å². The first-order valence-corrected chi connectivity index (χ1v) is 10.2. The van der Waals surface area contributed by atoms with E-state index in [0.717, 1.165) is 10.4 Å². The molecule has 0 aromatic heterocycles. The fourth-order valence-electron chi connectivity index (χ4n) is 2.60. The second kappa shape index (κ2) is 9.28. The van der Waals surface area contributed by atoms with Gasteiger partial charge in [-0.1, -0.05) is 28.3 Å². The van der Waals surface area contributed by atoms with E-state index in [4.69, 9.17) is 28.7 Å². The Bertz CT molecular complexity index is 948. The Kier molecular flexibility index (Phi) is 7.33. The molecule has 0 spiro atoms. The quantitative estimate of drug-likeness (QED) is 0.229. The van der Waals surface area contributed by atoms with Gasteiger partial charge in [-0.3, -0.25) is 4.31 Å². The summed E-state index contributed by atoms with van der Waals surface area (Å²) in [5.74, 6) is -0.709. The van der Waals surface area contributed by atoms with Crippen LogP contribution in [0, 0.1) is 5.82 Å². The van der Waals surface area contributed by atoms with Crippen LogP contribution in [0.3, 0.4) is 0 Å². The minimum absolute atomic E-state index is 0.0202. The van der Waals surface area contributed by atoms with Crippen LogP contribution in [-0.2, 0) is 10.0 Å². The molecule has 0 radical (unpaired) electrons. The zero-order chi connectivity index (χ0) is 20.0. The van der Waals surface area contributed by atoms with Crippen LogP contribution >= 0.6 is 23.2 Å². The van der Waals surface area contributed by atoms with Crippen molar-refractivity contribution in [2.45, 2.75) is 30.7 Å². The van der Waals surface area contributed by atoms with Crippen molar-refractivity contribution in [1.29, 1.82) is 0 Å². The van der Waals surface area contributed by atoms with Crippen molar-refractivity contribution in [1.82, 2.24) is 0 Å². The molecule has 0 N–H and O–H groups in total. The molecule has 2 aromatic rings. The molecule has 0 aliphatic heterocycles. The molecule has 2 rings (SSSR count). The number of anilines is 1. The van der Waals surface area contributed by atoms with Crippen molar-refractivity contribution in [2.75, 3.05) is 10.8 Å². The summed E-state index contributed by atoms with van der Waals surface area (Å²) in [4.78, 5) is 2.65. The lowest BCUT2D eigenvalue weighted by molar-refractivity contribution is 0.556. The third-order valence-electron chi connectivity index (χ3n) is 3.86. The van der Waals surface area contributed by atoms with Crippen LogP contribution in [0.15, 0.2) is 52.5 Å². The second-order valence-corrected chi connectivity index (χ2v) is 8.48. The van der Waals surface area contributed by atoms with Gasteiger partial charge in [0, 0.05) is 27.5 Å². The molecule has 2 aromatic carbocycles. The number of nitrogens with zero attached hydrogens (tertiary/aromatic N) is 4. The lowest BCUT2D eigenvalue weighted by Gasteiger charge is -2.31. The normalized spacial score (nSPS) is 12.3. The second-order valence-electron chi connectivity index (χ2n) is 5.80.